The maximum absolute atomic E-state index is 12.7. The topological polar surface area (TPSA) is 58.2 Å². The van der Waals surface area contributed by atoms with Crippen LogP contribution in [0.4, 0.5) is 11.4 Å². The Morgan fingerprint density at radius 2 is 1.35 bits per heavy atom. The van der Waals surface area contributed by atoms with Crippen molar-refractivity contribution in [2.45, 2.75) is 64.7 Å². The molecule has 0 atom stereocenters. The zero-order chi connectivity index (χ0) is 18.1. The van der Waals surface area contributed by atoms with Crippen LogP contribution in [-0.2, 0) is 9.59 Å². The first-order valence-electron chi connectivity index (χ1n) is 10.2. The summed E-state index contributed by atoms with van der Waals surface area (Å²) in [6.07, 6.45) is 10.0. The minimum atomic E-state index is 0.0334. The van der Waals surface area contributed by atoms with Gasteiger partial charge in [0.1, 0.15) is 0 Å². The molecule has 0 spiro atoms. The number of hydrogen-bond donors (Lipinski definition) is 2. The van der Waals surface area contributed by atoms with Gasteiger partial charge in [0.05, 0.1) is 0 Å². The average molecular weight is 354 g/mol. The van der Waals surface area contributed by atoms with Crippen LogP contribution >= 0.6 is 0 Å². The van der Waals surface area contributed by atoms with E-state index in [2.05, 4.69) is 10.6 Å². The molecule has 2 N–H and O–H groups in total. The van der Waals surface area contributed by atoms with Crippen LogP contribution in [0.1, 0.15) is 64.7 Å². The second-order valence-electron chi connectivity index (χ2n) is 9.02. The van der Waals surface area contributed by atoms with E-state index in [1.54, 1.807) is 0 Å². The van der Waals surface area contributed by atoms with E-state index in [0.29, 0.717) is 12.8 Å². The fourth-order valence-electron chi connectivity index (χ4n) is 6.14. The third kappa shape index (κ3) is 3.79. The van der Waals surface area contributed by atoms with Crippen molar-refractivity contribution in [1.29, 1.82) is 0 Å². The van der Waals surface area contributed by atoms with Gasteiger partial charge in [0.2, 0.25) is 11.8 Å². The standard InChI is InChI=1S/C22H30N2O2/c1-2-3-20(25)23-18-4-6-19(7-5-18)24-21(26)14-22-11-15-8-16(12-22)10-17(9-15)13-22/h4-7,15-17H,2-3,8-14H2,1H3,(H,23,25)(H,24,26). The van der Waals surface area contributed by atoms with Gasteiger partial charge in [-0.25, -0.2) is 0 Å². The minimum Gasteiger partial charge on any atom is -0.326 e. The predicted octanol–water partition coefficient (Wildman–Crippen LogP) is 4.97. The smallest absolute Gasteiger partial charge is 0.224 e. The Morgan fingerprint density at radius 1 is 0.885 bits per heavy atom. The van der Waals surface area contributed by atoms with Crippen molar-refractivity contribution in [2.24, 2.45) is 23.2 Å². The highest BCUT2D eigenvalue weighted by Crippen LogP contribution is 2.61. The normalized spacial score (nSPS) is 31.7. The van der Waals surface area contributed by atoms with Gasteiger partial charge in [-0.2, -0.15) is 0 Å². The molecule has 1 aromatic rings. The second kappa shape index (κ2) is 7.05. The molecule has 4 bridgehead atoms. The zero-order valence-electron chi connectivity index (χ0n) is 15.7. The molecule has 140 valence electrons. The molecule has 1 aromatic carbocycles. The number of hydrogen-bond acceptors (Lipinski definition) is 2. The molecule has 0 unspecified atom stereocenters. The molecule has 0 aromatic heterocycles. The van der Waals surface area contributed by atoms with Gasteiger partial charge in [0.15, 0.2) is 0 Å². The summed E-state index contributed by atoms with van der Waals surface area (Å²) in [5, 5.41) is 5.95. The molecule has 0 saturated heterocycles. The van der Waals surface area contributed by atoms with Crippen molar-refractivity contribution in [3.8, 4) is 0 Å². The van der Waals surface area contributed by atoms with E-state index < -0.39 is 0 Å². The SMILES string of the molecule is CCCC(=O)Nc1ccc(NC(=O)CC23CC4CC(CC(C4)C2)C3)cc1. The first-order chi connectivity index (χ1) is 12.5. The number of carbonyl (C=O) groups excluding carboxylic acids is 2. The number of carbonyl (C=O) groups is 2. The Hall–Kier alpha value is -1.84. The van der Waals surface area contributed by atoms with Crippen LogP contribution in [-0.4, -0.2) is 11.8 Å². The summed E-state index contributed by atoms with van der Waals surface area (Å²) in [6.45, 7) is 1.99. The Balaban J connectivity index is 1.33. The van der Waals surface area contributed by atoms with Crippen LogP contribution in [0.15, 0.2) is 24.3 Å². The van der Waals surface area contributed by atoms with Crippen molar-refractivity contribution in [1.82, 2.24) is 0 Å². The molecular formula is C22H30N2O2. The Labute approximate surface area is 156 Å². The van der Waals surface area contributed by atoms with E-state index in [9.17, 15) is 9.59 Å². The van der Waals surface area contributed by atoms with E-state index >= 15 is 0 Å². The molecule has 4 fully saturated rings. The summed E-state index contributed by atoms with van der Waals surface area (Å²) in [5.74, 6) is 2.81. The molecule has 0 aliphatic heterocycles. The Morgan fingerprint density at radius 3 is 1.81 bits per heavy atom. The van der Waals surface area contributed by atoms with E-state index in [1.807, 2.05) is 31.2 Å². The van der Waals surface area contributed by atoms with Crippen molar-refractivity contribution in [3.05, 3.63) is 24.3 Å². The summed E-state index contributed by atoms with van der Waals surface area (Å²) in [6, 6.07) is 7.46. The average Bonchev–Trinajstić information content (AvgIpc) is 2.55. The third-order valence-electron chi connectivity index (χ3n) is 6.63. The van der Waals surface area contributed by atoms with Gasteiger partial charge in [-0.3, -0.25) is 9.59 Å². The molecule has 0 heterocycles. The summed E-state index contributed by atoms with van der Waals surface area (Å²) in [7, 11) is 0. The van der Waals surface area contributed by atoms with Gasteiger partial charge in [-0.05, 0) is 92.4 Å². The molecule has 26 heavy (non-hydrogen) atoms. The van der Waals surface area contributed by atoms with E-state index in [4.69, 9.17) is 0 Å². The van der Waals surface area contributed by atoms with E-state index in [0.717, 1.165) is 35.5 Å². The predicted molar refractivity (Wildman–Crippen MR) is 104 cm³/mol. The van der Waals surface area contributed by atoms with Crippen LogP contribution in [0.2, 0.25) is 0 Å². The summed E-state index contributed by atoms with van der Waals surface area (Å²) >= 11 is 0. The van der Waals surface area contributed by atoms with Crippen LogP contribution in [0.3, 0.4) is 0 Å². The number of amides is 2. The van der Waals surface area contributed by atoms with Crippen LogP contribution in [0.25, 0.3) is 0 Å². The van der Waals surface area contributed by atoms with E-state index in [-0.39, 0.29) is 17.2 Å². The summed E-state index contributed by atoms with van der Waals surface area (Å²) in [4.78, 5) is 24.3. The molecule has 4 heteroatoms. The molecule has 0 radical (unpaired) electrons. The van der Waals surface area contributed by atoms with Gasteiger partial charge >= 0.3 is 0 Å². The van der Waals surface area contributed by atoms with Crippen LogP contribution in [0.5, 0.6) is 0 Å². The van der Waals surface area contributed by atoms with Gasteiger partial charge < -0.3 is 10.6 Å². The molecule has 5 rings (SSSR count). The largest absolute Gasteiger partial charge is 0.326 e. The first-order valence-corrected chi connectivity index (χ1v) is 10.2. The number of nitrogens with one attached hydrogen (secondary N) is 2. The highest BCUT2D eigenvalue weighted by molar-refractivity contribution is 5.93. The van der Waals surface area contributed by atoms with Gasteiger partial charge in [-0.1, -0.05) is 6.92 Å². The number of rotatable bonds is 6. The lowest BCUT2D eigenvalue weighted by Gasteiger charge is -2.56. The summed E-state index contributed by atoms with van der Waals surface area (Å²) < 4.78 is 0. The maximum atomic E-state index is 12.7. The molecule has 4 saturated carbocycles. The third-order valence-corrected chi connectivity index (χ3v) is 6.63. The first kappa shape index (κ1) is 17.6. The molecule has 4 aliphatic rings. The van der Waals surface area contributed by atoms with Crippen molar-refractivity contribution < 1.29 is 9.59 Å². The highest BCUT2D eigenvalue weighted by atomic mass is 16.2. The zero-order valence-corrected chi connectivity index (χ0v) is 15.7. The molecular weight excluding hydrogens is 324 g/mol. The van der Waals surface area contributed by atoms with Crippen molar-refractivity contribution >= 4 is 23.2 Å². The van der Waals surface area contributed by atoms with Crippen molar-refractivity contribution in [3.63, 3.8) is 0 Å². The highest BCUT2D eigenvalue weighted by Gasteiger charge is 2.51. The van der Waals surface area contributed by atoms with Crippen LogP contribution in [0, 0.1) is 23.2 Å². The lowest BCUT2D eigenvalue weighted by molar-refractivity contribution is -0.124. The Bertz CT molecular complexity index is 645. The van der Waals surface area contributed by atoms with E-state index in [1.165, 1.54) is 38.5 Å². The number of anilines is 2. The van der Waals surface area contributed by atoms with Crippen molar-refractivity contribution in [2.75, 3.05) is 10.6 Å². The molecule has 4 aliphatic carbocycles. The molecule has 4 nitrogen and oxygen atoms in total. The summed E-state index contributed by atoms with van der Waals surface area (Å²) in [5.41, 5.74) is 1.86. The fourth-order valence-corrected chi connectivity index (χ4v) is 6.14. The maximum Gasteiger partial charge on any atom is 0.224 e. The van der Waals surface area contributed by atoms with Crippen LogP contribution < -0.4 is 10.6 Å². The fraction of sp³-hybridized carbons (Fsp3) is 0.636. The monoisotopic (exact) mass is 354 g/mol. The lowest BCUT2D eigenvalue weighted by atomic mass is 9.49. The van der Waals surface area contributed by atoms with Gasteiger partial charge in [0, 0.05) is 24.2 Å². The molecule has 2 amide bonds. The van der Waals surface area contributed by atoms with Gasteiger partial charge in [0.25, 0.3) is 0 Å². The second-order valence-corrected chi connectivity index (χ2v) is 9.02. The van der Waals surface area contributed by atoms with Gasteiger partial charge in [-0.15, -0.1) is 0 Å². The lowest BCUT2D eigenvalue weighted by Crippen LogP contribution is -2.47. The number of benzene rings is 1. The quantitative estimate of drug-likeness (QED) is 0.758. The minimum absolute atomic E-state index is 0.0334. The Kier molecular flexibility index (Phi) is 4.76.